The lowest BCUT2D eigenvalue weighted by Crippen LogP contribution is -2.47. The van der Waals surface area contributed by atoms with E-state index in [4.69, 9.17) is 11.6 Å². The number of nitrogens with one attached hydrogen (secondary N) is 1. The largest absolute Gasteiger partial charge is 0.330 e. The molecule has 1 aliphatic carbocycles. The van der Waals surface area contributed by atoms with Gasteiger partial charge in [0, 0.05) is 19.5 Å². The van der Waals surface area contributed by atoms with Crippen molar-refractivity contribution in [3.8, 4) is 0 Å². The number of hydrogen-bond donors (Lipinski definition) is 1. The maximum atomic E-state index is 13.1. The number of halogens is 1. The number of rotatable bonds is 9. The van der Waals surface area contributed by atoms with Crippen molar-refractivity contribution in [3.63, 3.8) is 0 Å². The number of benzene rings is 1. The summed E-state index contributed by atoms with van der Waals surface area (Å²) in [6.07, 6.45) is 4.73. The van der Waals surface area contributed by atoms with E-state index in [0.717, 1.165) is 12.3 Å². The number of aryl methyl sites for hydroxylation is 1. The van der Waals surface area contributed by atoms with E-state index >= 15 is 0 Å². The summed E-state index contributed by atoms with van der Waals surface area (Å²) in [5.74, 6) is 1.99. The number of anilines is 1. The van der Waals surface area contributed by atoms with Gasteiger partial charge in [-0.15, -0.1) is 10.2 Å². The van der Waals surface area contributed by atoms with Gasteiger partial charge in [-0.25, -0.2) is 4.79 Å². The van der Waals surface area contributed by atoms with Gasteiger partial charge < -0.3 is 4.98 Å². The number of urea groups is 1. The van der Waals surface area contributed by atoms with Crippen molar-refractivity contribution in [2.75, 3.05) is 18.0 Å². The molecule has 0 saturated heterocycles. The molecule has 0 spiro atoms. The number of tetrazole rings is 1. The first-order valence-corrected chi connectivity index (χ1v) is 11.8. The van der Waals surface area contributed by atoms with Crippen LogP contribution in [-0.2, 0) is 13.0 Å². The maximum Gasteiger partial charge on any atom is 0.330 e. The van der Waals surface area contributed by atoms with Crippen LogP contribution in [0.4, 0.5) is 10.6 Å². The Labute approximate surface area is 197 Å². The molecule has 3 heterocycles. The smallest absolute Gasteiger partial charge is 0.326 e. The van der Waals surface area contributed by atoms with Crippen LogP contribution in [0.25, 0.3) is 5.70 Å². The van der Waals surface area contributed by atoms with Gasteiger partial charge in [0.05, 0.1) is 12.2 Å². The Bertz CT molecular complexity index is 1160. The molecule has 2 aromatic heterocycles. The minimum atomic E-state index is -0.139. The summed E-state index contributed by atoms with van der Waals surface area (Å²) in [5, 5.41) is 13.1. The van der Waals surface area contributed by atoms with Gasteiger partial charge in [0.25, 0.3) is 0 Å². The fourth-order valence-electron chi connectivity index (χ4n) is 4.19. The lowest BCUT2D eigenvalue weighted by molar-refractivity contribution is 0.221. The predicted molar refractivity (Wildman–Crippen MR) is 126 cm³/mol. The second kappa shape index (κ2) is 8.97. The highest BCUT2D eigenvalue weighted by Crippen LogP contribution is 2.40. The second-order valence-corrected chi connectivity index (χ2v) is 8.96. The summed E-state index contributed by atoms with van der Waals surface area (Å²) in [4.78, 5) is 25.2. The third-order valence-electron chi connectivity index (χ3n) is 6.06. The van der Waals surface area contributed by atoms with Crippen LogP contribution in [0.5, 0.6) is 0 Å². The van der Waals surface area contributed by atoms with E-state index in [2.05, 4.69) is 56.2 Å². The second-order valence-electron chi connectivity index (χ2n) is 8.61. The fourth-order valence-corrected chi connectivity index (χ4v) is 4.37. The SMILES string of the molecule is C=C1c2[nH]c(Cl)nc2N(CCC)C(=O)N1CCCn1nnc(Cc2ccc(C3CC3)cc2)n1. The predicted octanol–water partition coefficient (Wildman–Crippen LogP) is 4.23. The fraction of sp³-hybridized carbons (Fsp3) is 0.435. The van der Waals surface area contributed by atoms with Gasteiger partial charge in [-0.2, -0.15) is 9.78 Å². The third-order valence-corrected chi connectivity index (χ3v) is 6.24. The number of amides is 2. The van der Waals surface area contributed by atoms with Gasteiger partial charge in [0.15, 0.2) is 11.6 Å². The molecule has 5 rings (SSSR count). The number of carbonyl (C=O) groups is 1. The monoisotopic (exact) mass is 466 g/mol. The molecule has 10 heteroatoms. The molecule has 0 bridgehead atoms. The van der Waals surface area contributed by atoms with Crippen molar-refractivity contribution < 1.29 is 4.79 Å². The first kappa shape index (κ1) is 21.6. The van der Waals surface area contributed by atoms with Crippen LogP contribution in [0, 0.1) is 0 Å². The maximum absolute atomic E-state index is 13.1. The molecule has 2 amide bonds. The highest BCUT2D eigenvalue weighted by Gasteiger charge is 2.35. The van der Waals surface area contributed by atoms with Gasteiger partial charge in [-0.3, -0.25) is 9.80 Å². The van der Waals surface area contributed by atoms with Crippen LogP contribution in [0.2, 0.25) is 5.28 Å². The van der Waals surface area contributed by atoms with Crippen LogP contribution in [0.3, 0.4) is 0 Å². The summed E-state index contributed by atoms with van der Waals surface area (Å²) < 4.78 is 0. The molecule has 172 valence electrons. The molecular formula is C23H27ClN8O. The number of imidazole rings is 1. The molecule has 1 aromatic carbocycles. The molecular weight excluding hydrogens is 440 g/mol. The normalized spacial score (nSPS) is 15.9. The van der Waals surface area contributed by atoms with Crippen molar-refractivity contribution in [2.45, 2.75) is 51.5 Å². The Morgan fingerprint density at radius 3 is 2.67 bits per heavy atom. The summed E-state index contributed by atoms with van der Waals surface area (Å²) in [7, 11) is 0. The summed E-state index contributed by atoms with van der Waals surface area (Å²) in [5.41, 5.74) is 3.86. The molecule has 0 radical (unpaired) electrons. The highest BCUT2D eigenvalue weighted by molar-refractivity contribution is 6.28. The first-order chi connectivity index (χ1) is 16.0. The van der Waals surface area contributed by atoms with E-state index < -0.39 is 0 Å². The third kappa shape index (κ3) is 4.50. The molecule has 0 atom stereocenters. The zero-order valence-electron chi connectivity index (χ0n) is 18.7. The Kier molecular flexibility index (Phi) is 5.88. The van der Waals surface area contributed by atoms with E-state index in [1.54, 1.807) is 14.6 Å². The summed E-state index contributed by atoms with van der Waals surface area (Å²) in [6, 6.07) is 8.58. The number of H-pyrrole nitrogens is 1. The van der Waals surface area contributed by atoms with E-state index in [9.17, 15) is 4.79 Å². The number of fused-ring (bicyclic) bond motifs is 1. The number of nitrogens with zero attached hydrogens (tertiary/aromatic N) is 7. The average Bonchev–Trinajstić information content (AvgIpc) is 3.44. The minimum Gasteiger partial charge on any atom is -0.326 e. The molecule has 2 aliphatic rings. The van der Waals surface area contributed by atoms with Gasteiger partial charge >= 0.3 is 6.03 Å². The molecule has 1 N–H and O–H groups in total. The standard InChI is InChI=1S/C23H27ClN8O/c1-3-11-31-21-20(25-22(24)26-21)15(2)30(23(31)33)12-4-13-32-28-19(27-29-32)14-16-5-7-17(8-6-16)18-9-10-18/h5-8,18H,2-4,9-14H2,1H3,(H,25,26). The highest BCUT2D eigenvalue weighted by atomic mass is 35.5. The number of aromatic nitrogens is 6. The number of hydrogen-bond acceptors (Lipinski definition) is 5. The van der Waals surface area contributed by atoms with Crippen LogP contribution in [0.15, 0.2) is 30.8 Å². The Morgan fingerprint density at radius 1 is 1.15 bits per heavy atom. The van der Waals surface area contributed by atoms with Gasteiger partial charge in [-0.1, -0.05) is 37.8 Å². The van der Waals surface area contributed by atoms with Gasteiger partial charge in [-0.05, 0) is 59.5 Å². The molecule has 9 nitrogen and oxygen atoms in total. The zero-order valence-corrected chi connectivity index (χ0v) is 19.4. The molecule has 33 heavy (non-hydrogen) atoms. The Balaban J connectivity index is 1.18. The molecule has 1 saturated carbocycles. The van der Waals surface area contributed by atoms with Gasteiger partial charge in [0.1, 0.15) is 5.69 Å². The minimum absolute atomic E-state index is 0.139. The molecule has 1 aliphatic heterocycles. The van der Waals surface area contributed by atoms with Crippen molar-refractivity contribution in [2.24, 2.45) is 0 Å². The topological polar surface area (TPSA) is 95.8 Å². The average molecular weight is 467 g/mol. The Morgan fingerprint density at radius 2 is 1.94 bits per heavy atom. The van der Waals surface area contributed by atoms with E-state index in [1.165, 1.54) is 24.0 Å². The Hall–Kier alpha value is -3.20. The van der Waals surface area contributed by atoms with E-state index in [-0.39, 0.29) is 11.3 Å². The molecule has 1 fully saturated rings. The first-order valence-electron chi connectivity index (χ1n) is 11.4. The quantitative estimate of drug-likeness (QED) is 0.509. The molecule has 0 unspecified atom stereocenters. The van der Waals surface area contributed by atoms with Crippen LogP contribution in [-0.4, -0.2) is 54.2 Å². The zero-order chi connectivity index (χ0) is 22.9. The lowest BCUT2D eigenvalue weighted by atomic mass is 10.1. The van der Waals surface area contributed by atoms with E-state index in [1.807, 2.05) is 6.92 Å². The lowest BCUT2D eigenvalue weighted by Gasteiger charge is -2.35. The van der Waals surface area contributed by atoms with Crippen molar-refractivity contribution >= 4 is 29.1 Å². The summed E-state index contributed by atoms with van der Waals surface area (Å²) >= 11 is 6.05. The molecule has 3 aromatic rings. The number of aromatic amines is 1. The van der Waals surface area contributed by atoms with Crippen molar-refractivity contribution in [1.82, 2.24) is 35.1 Å². The van der Waals surface area contributed by atoms with E-state index in [0.29, 0.717) is 55.5 Å². The summed E-state index contributed by atoms with van der Waals surface area (Å²) in [6.45, 7) is 7.70. The van der Waals surface area contributed by atoms with Crippen LogP contribution < -0.4 is 4.90 Å². The number of carbonyl (C=O) groups excluding carboxylic acids is 1. The van der Waals surface area contributed by atoms with Crippen LogP contribution >= 0.6 is 11.6 Å². The van der Waals surface area contributed by atoms with Gasteiger partial charge in [0.2, 0.25) is 5.28 Å². The van der Waals surface area contributed by atoms with Crippen molar-refractivity contribution in [1.29, 1.82) is 0 Å². The van der Waals surface area contributed by atoms with Crippen molar-refractivity contribution in [3.05, 3.63) is 58.8 Å². The van der Waals surface area contributed by atoms with Crippen LogP contribution in [0.1, 0.15) is 61.2 Å².